The molecule has 0 bridgehead atoms. The number of nitrogens with one attached hydrogen (secondary N) is 1. The quantitative estimate of drug-likeness (QED) is 0.742. The fraction of sp³-hybridized carbons (Fsp3) is 0.538. The molecule has 0 aliphatic rings. The lowest BCUT2D eigenvalue weighted by Gasteiger charge is -2.17. The van der Waals surface area contributed by atoms with Crippen LogP contribution in [0.25, 0.3) is 0 Å². The summed E-state index contributed by atoms with van der Waals surface area (Å²) in [6.07, 6.45) is 0.325. The van der Waals surface area contributed by atoms with Crippen LogP contribution in [-0.2, 0) is 0 Å². The van der Waals surface area contributed by atoms with Crippen molar-refractivity contribution in [3.63, 3.8) is 0 Å². The summed E-state index contributed by atoms with van der Waals surface area (Å²) in [5.74, 6) is 0.152. The minimum atomic E-state index is -0.423. The van der Waals surface area contributed by atoms with Crippen molar-refractivity contribution in [2.75, 3.05) is 19.8 Å². The molecule has 1 atom stereocenters. The first kappa shape index (κ1) is 13.9. The van der Waals surface area contributed by atoms with Crippen molar-refractivity contribution in [2.45, 2.75) is 26.3 Å². The van der Waals surface area contributed by atoms with Crippen LogP contribution in [0.1, 0.15) is 31.9 Å². The zero-order valence-electron chi connectivity index (χ0n) is 10.3. The van der Waals surface area contributed by atoms with E-state index >= 15 is 0 Å². The second-order valence-electron chi connectivity index (χ2n) is 3.85. The molecule has 0 aliphatic carbocycles. The van der Waals surface area contributed by atoms with Crippen LogP contribution in [0.4, 0.5) is 8.78 Å². The first-order valence-electron chi connectivity index (χ1n) is 5.90. The first-order chi connectivity index (χ1) is 8.19. The topological polar surface area (TPSA) is 21.3 Å². The molecule has 0 saturated heterocycles. The van der Waals surface area contributed by atoms with Crippen molar-refractivity contribution in [2.24, 2.45) is 0 Å². The van der Waals surface area contributed by atoms with Crippen LogP contribution in [0, 0.1) is 5.82 Å². The third-order valence-corrected chi connectivity index (χ3v) is 2.49. The van der Waals surface area contributed by atoms with Crippen molar-refractivity contribution < 1.29 is 13.5 Å². The van der Waals surface area contributed by atoms with E-state index in [0.29, 0.717) is 12.2 Å². The van der Waals surface area contributed by atoms with Crippen molar-refractivity contribution in [3.05, 3.63) is 29.6 Å². The van der Waals surface area contributed by atoms with Gasteiger partial charge in [0.2, 0.25) is 0 Å². The van der Waals surface area contributed by atoms with E-state index in [-0.39, 0.29) is 18.5 Å². The average molecular weight is 243 g/mol. The first-order valence-corrected chi connectivity index (χ1v) is 5.90. The van der Waals surface area contributed by atoms with E-state index in [2.05, 4.69) is 5.32 Å². The minimum absolute atomic E-state index is 0.0842. The second-order valence-corrected chi connectivity index (χ2v) is 3.85. The molecule has 0 fully saturated rings. The number of halogens is 2. The maximum Gasteiger partial charge on any atom is 0.126 e. The van der Waals surface area contributed by atoms with Gasteiger partial charge in [0.25, 0.3) is 0 Å². The lowest BCUT2D eigenvalue weighted by Crippen LogP contribution is -2.18. The molecule has 1 N–H and O–H groups in total. The Kier molecular flexibility index (Phi) is 5.91. The summed E-state index contributed by atoms with van der Waals surface area (Å²) in [5.41, 5.74) is 0.895. The molecule has 1 aromatic carbocycles. The van der Waals surface area contributed by atoms with Gasteiger partial charge in [-0.05, 0) is 19.5 Å². The standard InChI is InChI=1S/C13H19F2NO/c1-3-16-10(2)12-6-5-11(15)9-13(12)17-8-4-7-14/h5-6,9-10,16H,3-4,7-8H2,1-2H3. The number of ether oxygens (including phenoxy) is 1. The SMILES string of the molecule is CCNC(C)c1ccc(F)cc1OCCCF. The van der Waals surface area contributed by atoms with E-state index < -0.39 is 6.67 Å². The molecular weight excluding hydrogens is 224 g/mol. The Morgan fingerprint density at radius 1 is 1.41 bits per heavy atom. The summed E-state index contributed by atoms with van der Waals surface area (Å²) >= 11 is 0. The van der Waals surface area contributed by atoms with Gasteiger partial charge >= 0.3 is 0 Å². The van der Waals surface area contributed by atoms with Crippen molar-refractivity contribution in [1.82, 2.24) is 5.32 Å². The Labute approximate surface area is 101 Å². The highest BCUT2D eigenvalue weighted by Gasteiger charge is 2.11. The molecule has 2 nitrogen and oxygen atoms in total. The van der Waals surface area contributed by atoms with Gasteiger partial charge < -0.3 is 10.1 Å². The molecule has 1 unspecified atom stereocenters. The monoisotopic (exact) mass is 243 g/mol. The molecule has 0 heterocycles. The zero-order chi connectivity index (χ0) is 12.7. The Bertz CT molecular complexity index is 344. The highest BCUT2D eigenvalue weighted by atomic mass is 19.1. The molecule has 0 amide bonds. The molecular formula is C13H19F2NO. The molecule has 1 aromatic rings. The summed E-state index contributed by atoms with van der Waals surface area (Å²) in [4.78, 5) is 0. The summed E-state index contributed by atoms with van der Waals surface area (Å²) in [6, 6.07) is 4.54. The van der Waals surface area contributed by atoms with Crippen LogP contribution in [0.2, 0.25) is 0 Å². The summed E-state index contributed by atoms with van der Waals surface area (Å²) in [7, 11) is 0. The lowest BCUT2D eigenvalue weighted by atomic mass is 10.1. The normalized spacial score (nSPS) is 12.5. The Balaban J connectivity index is 2.79. The minimum Gasteiger partial charge on any atom is -0.493 e. The van der Waals surface area contributed by atoms with Crippen LogP contribution < -0.4 is 10.1 Å². The molecule has 1 rings (SSSR count). The number of alkyl halides is 1. The van der Waals surface area contributed by atoms with Crippen LogP contribution in [0.5, 0.6) is 5.75 Å². The fourth-order valence-electron chi connectivity index (χ4n) is 1.64. The van der Waals surface area contributed by atoms with Crippen LogP contribution in [0.3, 0.4) is 0 Å². The summed E-state index contributed by atoms with van der Waals surface area (Å²) < 4.78 is 30.5. The van der Waals surface area contributed by atoms with Gasteiger partial charge in [-0.2, -0.15) is 0 Å². The molecule has 4 heteroatoms. The third-order valence-electron chi connectivity index (χ3n) is 2.49. The number of benzene rings is 1. The van der Waals surface area contributed by atoms with Gasteiger partial charge in [-0.15, -0.1) is 0 Å². The van der Waals surface area contributed by atoms with Crippen LogP contribution in [-0.4, -0.2) is 19.8 Å². The summed E-state index contributed by atoms with van der Waals surface area (Å²) in [6.45, 7) is 4.66. The molecule has 0 radical (unpaired) electrons. The van der Waals surface area contributed by atoms with E-state index in [1.165, 1.54) is 12.1 Å². The average Bonchev–Trinajstić information content (AvgIpc) is 2.30. The molecule has 0 aromatic heterocycles. The van der Waals surface area contributed by atoms with Crippen LogP contribution in [0.15, 0.2) is 18.2 Å². The molecule has 96 valence electrons. The maximum atomic E-state index is 13.1. The number of hydrogen-bond acceptors (Lipinski definition) is 2. The number of rotatable bonds is 7. The number of hydrogen-bond donors (Lipinski definition) is 1. The predicted octanol–water partition coefficient (Wildman–Crippen LogP) is 3.23. The van der Waals surface area contributed by atoms with E-state index in [4.69, 9.17) is 4.74 Å². The Hall–Kier alpha value is -1.16. The van der Waals surface area contributed by atoms with E-state index in [9.17, 15) is 8.78 Å². The van der Waals surface area contributed by atoms with Gasteiger partial charge in [-0.25, -0.2) is 4.39 Å². The highest BCUT2D eigenvalue weighted by molar-refractivity contribution is 5.36. The van der Waals surface area contributed by atoms with Gasteiger partial charge in [0.1, 0.15) is 11.6 Å². The van der Waals surface area contributed by atoms with E-state index in [1.807, 2.05) is 13.8 Å². The van der Waals surface area contributed by atoms with Crippen molar-refractivity contribution in [1.29, 1.82) is 0 Å². The Morgan fingerprint density at radius 2 is 2.18 bits per heavy atom. The third kappa shape index (κ3) is 4.30. The van der Waals surface area contributed by atoms with Gasteiger partial charge in [-0.3, -0.25) is 4.39 Å². The second kappa shape index (κ2) is 7.22. The predicted molar refractivity (Wildman–Crippen MR) is 64.6 cm³/mol. The van der Waals surface area contributed by atoms with Gasteiger partial charge in [0.05, 0.1) is 13.3 Å². The summed E-state index contributed by atoms with van der Waals surface area (Å²) in [5, 5.41) is 3.24. The molecule has 17 heavy (non-hydrogen) atoms. The molecule has 0 saturated carbocycles. The van der Waals surface area contributed by atoms with Gasteiger partial charge in [0, 0.05) is 24.1 Å². The fourth-order valence-corrected chi connectivity index (χ4v) is 1.64. The van der Waals surface area contributed by atoms with Crippen molar-refractivity contribution >= 4 is 0 Å². The van der Waals surface area contributed by atoms with E-state index in [0.717, 1.165) is 12.1 Å². The largest absolute Gasteiger partial charge is 0.493 e. The molecule has 0 aliphatic heterocycles. The van der Waals surface area contributed by atoms with Gasteiger partial charge in [0.15, 0.2) is 0 Å². The zero-order valence-corrected chi connectivity index (χ0v) is 10.3. The molecule has 0 spiro atoms. The Morgan fingerprint density at radius 3 is 2.82 bits per heavy atom. The van der Waals surface area contributed by atoms with Crippen molar-refractivity contribution in [3.8, 4) is 5.75 Å². The van der Waals surface area contributed by atoms with Gasteiger partial charge in [-0.1, -0.05) is 13.0 Å². The smallest absolute Gasteiger partial charge is 0.126 e. The lowest BCUT2D eigenvalue weighted by molar-refractivity contribution is 0.284. The highest BCUT2D eigenvalue weighted by Crippen LogP contribution is 2.26. The van der Waals surface area contributed by atoms with E-state index in [1.54, 1.807) is 6.07 Å². The maximum absolute atomic E-state index is 13.1. The van der Waals surface area contributed by atoms with Crippen LogP contribution >= 0.6 is 0 Å².